The molecule has 0 bridgehead atoms. The highest BCUT2D eigenvalue weighted by Gasteiger charge is 2.46. The Hall–Kier alpha value is -3.41. The largest absolute Gasteiger partial charge is 0.501 e. The summed E-state index contributed by atoms with van der Waals surface area (Å²) in [5, 5.41) is 10.3. The maximum atomic E-state index is 12.9. The fraction of sp³-hybridized carbons (Fsp3) is 0.300. The number of hydrogen-bond donors (Lipinski definition) is 2. The molecule has 0 unspecified atom stereocenters. The molecule has 4 rings (SSSR count). The molecule has 0 aliphatic carbocycles. The van der Waals surface area contributed by atoms with Crippen LogP contribution in [0.4, 0.5) is 19.0 Å². The average molecular weight is 564 g/mol. The molecule has 0 atom stereocenters. The highest BCUT2D eigenvalue weighted by Crippen LogP contribution is 2.30. The van der Waals surface area contributed by atoms with E-state index >= 15 is 0 Å². The molecule has 0 saturated carbocycles. The summed E-state index contributed by atoms with van der Waals surface area (Å²) in [5.74, 6) is -0.555. The molecule has 1 fully saturated rings. The number of ether oxygens (including phenoxy) is 1. The van der Waals surface area contributed by atoms with Crippen LogP contribution in [0.2, 0.25) is 0 Å². The third kappa shape index (κ3) is 5.48. The number of nitrogens with one attached hydrogen (secondary N) is 1. The molecule has 12 nitrogen and oxygen atoms in total. The first-order valence-electron chi connectivity index (χ1n) is 10.5. The minimum absolute atomic E-state index is 0.00200. The van der Waals surface area contributed by atoms with Gasteiger partial charge in [-0.05, 0) is 42.0 Å². The van der Waals surface area contributed by atoms with E-state index < -0.39 is 42.0 Å². The van der Waals surface area contributed by atoms with Crippen molar-refractivity contribution in [1.82, 2.24) is 18.4 Å². The van der Waals surface area contributed by atoms with Crippen molar-refractivity contribution in [3.63, 3.8) is 0 Å². The summed E-state index contributed by atoms with van der Waals surface area (Å²) in [5.41, 5.74) is -5.90. The summed E-state index contributed by atoms with van der Waals surface area (Å²) in [6.07, 6.45) is 2.40. The Labute approximate surface area is 208 Å². The Kier molecular flexibility index (Phi) is 7.06. The molecule has 17 heteroatoms. The van der Waals surface area contributed by atoms with E-state index in [1.807, 2.05) is 0 Å². The van der Waals surface area contributed by atoms with Crippen LogP contribution >= 0.6 is 0 Å². The minimum Gasteiger partial charge on any atom is -0.493 e. The Morgan fingerprint density at radius 3 is 2.32 bits per heavy atom. The van der Waals surface area contributed by atoms with E-state index in [1.54, 1.807) is 0 Å². The van der Waals surface area contributed by atoms with Crippen molar-refractivity contribution in [2.24, 2.45) is 0 Å². The van der Waals surface area contributed by atoms with Crippen molar-refractivity contribution >= 4 is 25.9 Å². The summed E-state index contributed by atoms with van der Waals surface area (Å²) in [4.78, 5) is 15.8. The molecule has 2 N–H and O–H groups in total. The van der Waals surface area contributed by atoms with E-state index in [0.717, 1.165) is 27.5 Å². The number of alkyl halides is 3. The molecule has 200 valence electrons. The van der Waals surface area contributed by atoms with Crippen molar-refractivity contribution in [3.8, 4) is 11.6 Å². The van der Waals surface area contributed by atoms with Crippen molar-refractivity contribution in [2.45, 2.75) is 16.9 Å². The standard InChI is InChI=1S/C20H20F3N5O7S2/c21-20(22,23)36(31,32)16-3-1-15(2-4-16)28-18(29)13-26(19(28)30)12-14-5-6-24-17(11-14)25-37(33,34)27-7-9-35-10-8-27/h1-6,11,13,29H,7-10,12H2,(H,24,25). The molecular formula is C20H20F3N5O7S2. The first-order chi connectivity index (χ1) is 17.3. The average Bonchev–Trinajstić information content (AvgIpc) is 3.11. The number of halogens is 3. The monoisotopic (exact) mass is 563 g/mol. The van der Waals surface area contributed by atoms with Gasteiger partial charge in [-0.25, -0.2) is 22.8 Å². The number of morpholine rings is 1. The molecule has 3 heterocycles. The van der Waals surface area contributed by atoms with Crippen LogP contribution in [0.25, 0.3) is 5.69 Å². The van der Waals surface area contributed by atoms with E-state index in [1.165, 1.54) is 22.6 Å². The predicted molar refractivity (Wildman–Crippen MR) is 123 cm³/mol. The molecule has 37 heavy (non-hydrogen) atoms. The quantitative estimate of drug-likeness (QED) is 0.433. The third-order valence-electron chi connectivity index (χ3n) is 5.37. The molecule has 0 radical (unpaired) electrons. The normalized spacial score (nSPS) is 15.5. The number of hydrogen-bond acceptors (Lipinski definition) is 8. The van der Waals surface area contributed by atoms with Gasteiger partial charge in [0.2, 0.25) is 5.88 Å². The second kappa shape index (κ2) is 9.81. The van der Waals surface area contributed by atoms with Gasteiger partial charge in [0, 0.05) is 19.3 Å². The van der Waals surface area contributed by atoms with Crippen LogP contribution < -0.4 is 10.4 Å². The van der Waals surface area contributed by atoms with Gasteiger partial charge in [-0.3, -0.25) is 9.29 Å². The number of sulfone groups is 1. The van der Waals surface area contributed by atoms with Crippen molar-refractivity contribution < 1.29 is 39.9 Å². The fourth-order valence-corrected chi connectivity index (χ4v) is 5.45. The van der Waals surface area contributed by atoms with Crippen LogP contribution in [0.3, 0.4) is 0 Å². The number of nitrogens with zero attached hydrogens (tertiary/aromatic N) is 4. The molecule has 0 amide bonds. The second-order valence-corrected chi connectivity index (χ2v) is 11.5. The van der Waals surface area contributed by atoms with Crippen molar-refractivity contribution in [1.29, 1.82) is 0 Å². The van der Waals surface area contributed by atoms with Gasteiger partial charge in [0.25, 0.3) is 9.84 Å². The maximum Gasteiger partial charge on any atom is 0.501 e. The lowest BCUT2D eigenvalue weighted by molar-refractivity contribution is -0.0436. The maximum absolute atomic E-state index is 12.9. The summed E-state index contributed by atoms with van der Waals surface area (Å²) >= 11 is 0. The van der Waals surface area contributed by atoms with Crippen molar-refractivity contribution in [3.05, 3.63) is 64.8 Å². The molecule has 0 spiro atoms. The Morgan fingerprint density at radius 2 is 1.70 bits per heavy atom. The van der Waals surface area contributed by atoms with Crippen LogP contribution in [0.5, 0.6) is 5.88 Å². The first kappa shape index (κ1) is 26.6. The Bertz CT molecular complexity index is 1560. The number of pyridine rings is 1. The van der Waals surface area contributed by atoms with Crippen LogP contribution in [-0.4, -0.2) is 72.2 Å². The molecule has 1 aliphatic rings. The zero-order valence-electron chi connectivity index (χ0n) is 18.8. The number of anilines is 1. The lowest BCUT2D eigenvalue weighted by Gasteiger charge is -2.26. The number of imidazole rings is 1. The topological polar surface area (TPSA) is 153 Å². The molecule has 1 aromatic carbocycles. The van der Waals surface area contributed by atoms with E-state index in [4.69, 9.17) is 4.74 Å². The van der Waals surface area contributed by atoms with Gasteiger partial charge < -0.3 is 9.84 Å². The van der Waals surface area contributed by atoms with Crippen molar-refractivity contribution in [2.75, 3.05) is 31.0 Å². The van der Waals surface area contributed by atoms with Gasteiger partial charge in [-0.15, -0.1) is 0 Å². The number of aromatic nitrogens is 3. The predicted octanol–water partition coefficient (Wildman–Crippen LogP) is 1.07. The third-order valence-corrected chi connectivity index (χ3v) is 8.38. The second-order valence-electron chi connectivity index (χ2n) is 7.84. The van der Waals surface area contributed by atoms with Gasteiger partial charge >= 0.3 is 21.4 Å². The summed E-state index contributed by atoms with van der Waals surface area (Å²) in [7, 11) is -9.46. The van der Waals surface area contributed by atoms with Gasteiger partial charge in [0.05, 0.1) is 36.5 Å². The van der Waals surface area contributed by atoms with Gasteiger partial charge in [0.15, 0.2) is 0 Å². The van der Waals surface area contributed by atoms with Gasteiger partial charge in [-0.1, -0.05) is 0 Å². The van der Waals surface area contributed by atoms with Gasteiger partial charge in [0.1, 0.15) is 5.82 Å². The Balaban J connectivity index is 1.56. The summed E-state index contributed by atoms with van der Waals surface area (Å²) in [6.45, 7) is 0.771. The number of rotatable bonds is 7. The zero-order chi connectivity index (χ0) is 27.0. The van der Waals surface area contributed by atoms with Crippen LogP contribution in [0.15, 0.2) is 58.5 Å². The molecule has 1 saturated heterocycles. The molecule has 1 aliphatic heterocycles. The zero-order valence-corrected chi connectivity index (χ0v) is 20.4. The van der Waals surface area contributed by atoms with Crippen LogP contribution in [0, 0.1) is 0 Å². The fourth-order valence-electron chi connectivity index (χ4n) is 3.55. The lowest BCUT2D eigenvalue weighted by atomic mass is 10.2. The van der Waals surface area contributed by atoms with Gasteiger partial charge in [-0.2, -0.15) is 25.9 Å². The molecule has 2 aromatic heterocycles. The summed E-state index contributed by atoms with van der Waals surface area (Å²) in [6, 6.07) is 6.18. The van der Waals surface area contributed by atoms with E-state index in [0.29, 0.717) is 17.7 Å². The SMILES string of the molecule is O=c1n(Cc2ccnc(NS(=O)(=O)N3CCOCC3)c2)cc(O)n1-c1ccc(S(=O)(=O)C(F)(F)F)cc1. The lowest BCUT2D eigenvalue weighted by Crippen LogP contribution is -2.43. The van der Waals surface area contributed by atoms with E-state index in [9.17, 15) is 39.9 Å². The highest BCUT2D eigenvalue weighted by molar-refractivity contribution is 7.92. The van der Waals surface area contributed by atoms with E-state index in [-0.39, 0.29) is 44.4 Å². The number of benzene rings is 1. The van der Waals surface area contributed by atoms with Crippen LogP contribution in [0.1, 0.15) is 5.56 Å². The first-order valence-corrected chi connectivity index (χ1v) is 13.5. The minimum atomic E-state index is -5.57. The highest BCUT2D eigenvalue weighted by atomic mass is 32.2. The summed E-state index contributed by atoms with van der Waals surface area (Å²) < 4.78 is 97.0. The Morgan fingerprint density at radius 1 is 1.05 bits per heavy atom. The van der Waals surface area contributed by atoms with E-state index in [2.05, 4.69) is 9.71 Å². The number of aromatic hydroxyl groups is 1. The molecule has 3 aromatic rings. The smallest absolute Gasteiger partial charge is 0.493 e. The van der Waals surface area contributed by atoms with Crippen LogP contribution in [-0.2, 0) is 31.3 Å². The molecular weight excluding hydrogens is 543 g/mol.